The van der Waals surface area contributed by atoms with E-state index in [1.807, 2.05) is 24.5 Å². The molecule has 3 saturated carbocycles. The van der Waals surface area contributed by atoms with Gasteiger partial charge in [0.25, 0.3) is 0 Å². The van der Waals surface area contributed by atoms with Crippen molar-refractivity contribution in [3.05, 3.63) is 47.3 Å². The standard InChI is InChI=1S/C25H31N3O2/c1-24-9-5-19(27-29)15-18(24)3-4-20-21(24)6-10-25(2)22(20)14-17(23(25)28-30)13-16-7-11-26-12-8-16/h7-8,11-13,15,20-22,29-30H,3-6,9-10,14H2,1-2H3/b17-13+,27-19+,28-23+/t20-,21+,22+,24+,25+/m1/s1. The Morgan fingerprint density at radius 1 is 1.00 bits per heavy atom. The molecule has 0 aliphatic heterocycles. The first kappa shape index (κ1) is 19.5. The fraction of sp³-hybridized carbons (Fsp3) is 0.560. The van der Waals surface area contributed by atoms with Crippen molar-refractivity contribution >= 4 is 17.5 Å². The maximum absolute atomic E-state index is 10.00. The van der Waals surface area contributed by atoms with Crippen LogP contribution in [-0.2, 0) is 0 Å². The third kappa shape index (κ3) is 2.78. The summed E-state index contributed by atoms with van der Waals surface area (Å²) in [6, 6.07) is 4.02. The van der Waals surface area contributed by atoms with Gasteiger partial charge in [0.1, 0.15) is 0 Å². The molecule has 1 aromatic heterocycles. The predicted molar refractivity (Wildman–Crippen MR) is 118 cm³/mol. The minimum Gasteiger partial charge on any atom is -0.411 e. The van der Waals surface area contributed by atoms with Gasteiger partial charge in [-0.1, -0.05) is 29.7 Å². The fourth-order valence-electron chi connectivity index (χ4n) is 7.31. The summed E-state index contributed by atoms with van der Waals surface area (Å²) in [4.78, 5) is 4.12. The number of hydrogen-bond donors (Lipinski definition) is 2. The molecular formula is C25H31N3O2. The molecule has 4 aliphatic rings. The number of nitrogens with zero attached hydrogens (tertiary/aromatic N) is 3. The lowest BCUT2D eigenvalue weighted by Gasteiger charge is -2.57. The molecule has 1 heterocycles. The third-order valence-corrected chi connectivity index (χ3v) is 8.93. The van der Waals surface area contributed by atoms with Crippen LogP contribution in [0, 0.1) is 28.6 Å². The molecule has 5 rings (SSSR count). The zero-order valence-electron chi connectivity index (χ0n) is 17.9. The molecular weight excluding hydrogens is 374 g/mol. The Labute approximate surface area is 178 Å². The molecule has 4 aliphatic carbocycles. The highest BCUT2D eigenvalue weighted by Gasteiger charge is 2.59. The second kappa shape index (κ2) is 7.07. The van der Waals surface area contributed by atoms with E-state index in [2.05, 4.69) is 41.3 Å². The Morgan fingerprint density at radius 3 is 2.53 bits per heavy atom. The molecule has 2 N–H and O–H groups in total. The quantitative estimate of drug-likeness (QED) is 0.465. The fourth-order valence-corrected chi connectivity index (χ4v) is 7.31. The number of allylic oxidation sites excluding steroid dienone is 3. The maximum Gasteiger partial charge on any atom is 0.0889 e. The summed E-state index contributed by atoms with van der Waals surface area (Å²) in [6.45, 7) is 4.76. The Morgan fingerprint density at radius 2 is 1.80 bits per heavy atom. The molecule has 0 spiro atoms. The van der Waals surface area contributed by atoms with Gasteiger partial charge in [-0.25, -0.2) is 0 Å². The van der Waals surface area contributed by atoms with Gasteiger partial charge >= 0.3 is 0 Å². The topological polar surface area (TPSA) is 78.1 Å². The van der Waals surface area contributed by atoms with Crippen molar-refractivity contribution < 1.29 is 10.4 Å². The van der Waals surface area contributed by atoms with Crippen molar-refractivity contribution in [2.45, 2.75) is 58.8 Å². The van der Waals surface area contributed by atoms with E-state index in [1.165, 1.54) is 24.0 Å². The lowest BCUT2D eigenvalue weighted by Crippen LogP contribution is -2.50. The van der Waals surface area contributed by atoms with Gasteiger partial charge < -0.3 is 10.4 Å². The number of oxime groups is 2. The molecule has 0 bridgehead atoms. The molecule has 5 heteroatoms. The molecule has 0 amide bonds. The van der Waals surface area contributed by atoms with Crippen LogP contribution in [0.15, 0.2) is 52.1 Å². The second-order valence-electron chi connectivity index (χ2n) is 10.2. The minimum absolute atomic E-state index is 0.0568. The van der Waals surface area contributed by atoms with Gasteiger partial charge in [-0.15, -0.1) is 0 Å². The normalized spacial score (nSPS) is 42.0. The van der Waals surface area contributed by atoms with Crippen LogP contribution in [0.5, 0.6) is 0 Å². The Balaban J connectivity index is 1.50. The van der Waals surface area contributed by atoms with Crippen LogP contribution in [0.25, 0.3) is 6.08 Å². The minimum atomic E-state index is -0.0568. The number of rotatable bonds is 1. The van der Waals surface area contributed by atoms with Crippen molar-refractivity contribution in [3.8, 4) is 0 Å². The Bertz CT molecular complexity index is 964. The van der Waals surface area contributed by atoms with Gasteiger partial charge in [0.05, 0.1) is 11.4 Å². The van der Waals surface area contributed by atoms with Crippen molar-refractivity contribution in [2.24, 2.45) is 38.9 Å². The average molecular weight is 406 g/mol. The van der Waals surface area contributed by atoms with Crippen LogP contribution in [0.2, 0.25) is 0 Å². The molecule has 0 radical (unpaired) electrons. The molecule has 0 unspecified atom stereocenters. The molecule has 3 fully saturated rings. The first-order chi connectivity index (χ1) is 14.5. The SMILES string of the molecule is C[C@]12CC/C(=N\O)C=C1CC[C@@H]1[C@@H]2CC[C@]2(C)C(=N/O)/C(=C/c3ccncc3)C[C@@H]12. The van der Waals surface area contributed by atoms with Crippen LogP contribution in [0.4, 0.5) is 0 Å². The van der Waals surface area contributed by atoms with Crippen LogP contribution in [0.1, 0.15) is 64.4 Å². The molecule has 30 heavy (non-hydrogen) atoms. The summed E-state index contributed by atoms with van der Waals surface area (Å²) in [7, 11) is 0. The monoisotopic (exact) mass is 405 g/mol. The number of aromatic nitrogens is 1. The zero-order chi connectivity index (χ0) is 20.9. The van der Waals surface area contributed by atoms with Crippen LogP contribution in [-0.4, -0.2) is 26.8 Å². The summed E-state index contributed by atoms with van der Waals surface area (Å²) >= 11 is 0. The van der Waals surface area contributed by atoms with E-state index < -0.39 is 0 Å². The van der Waals surface area contributed by atoms with Crippen molar-refractivity contribution in [3.63, 3.8) is 0 Å². The number of fused-ring (bicyclic) bond motifs is 5. The number of pyridine rings is 1. The van der Waals surface area contributed by atoms with E-state index in [9.17, 15) is 10.4 Å². The van der Waals surface area contributed by atoms with E-state index >= 15 is 0 Å². The molecule has 158 valence electrons. The average Bonchev–Trinajstić information content (AvgIpc) is 3.04. The van der Waals surface area contributed by atoms with Crippen LogP contribution < -0.4 is 0 Å². The first-order valence-electron chi connectivity index (χ1n) is 11.2. The third-order valence-electron chi connectivity index (χ3n) is 8.93. The van der Waals surface area contributed by atoms with Gasteiger partial charge in [0.15, 0.2) is 0 Å². The summed E-state index contributed by atoms with van der Waals surface area (Å²) < 4.78 is 0. The highest BCUT2D eigenvalue weighted by Crippen LogP contribution is 2.65. The first-order valence-corrected chi connectivity index (χ1v) is 11.2. The Kier molecular flexibility index (Phi) is 4.60. The van der Waals surface area contributed by atoms with Gasteiger partial charge in [-0.05, 0) is 104 Å². The predicted octanol–water partition coefficient (Wildman–Crippen LogP) is 5.70. The molecule has 0 aromatic carbocycles. The van der Waals surface area contributed by atoms with E-state index in [0.29, 0.717) is 17.8 Å². The number of hydrogen-bond acceptors (Lipinski definition) is 5. The van der Waals surface area contributed by atoms with Gasteiger partial charge in [-0.2, -0.15) is 0 Å². The second-order valence-corrected chi connectivity index (χ2v) is 10.2. The molecule has 0 saturated heterocycles. The Hall–Kier alpha value is -2.43. The van der Waals surface area contributed by atoms with E-state index in [0.717, 1.165) is 49.1 Å². The summed E-state index contributed by atoms with van der Waals surface area (Å²) in [5.41, 5.74) is 5.65. The van der Waals surface area contributed by atoms with Gasteiger partial charge in [0, 0.05) is 17.8 Å². The van der Waals surface area contributed by atoms with Crippen LogP contribution >= 0.6 is 0 Å². The van der Waals surface area contributed by atoms with Crippen LogP contribution in [0.3, 0.4) is 0 Å². The van der Waals surface area contributed by atoms with Crippen molar-refractivity contribution in [1.29, 1.82) is 0 Å². The molecule has 5 atom stereocenters. The van der Waals surface area contributed by atoms with Gasteiger partial charge in [-0.3, -0.25) is 4.98 Å². The van der Waals surface area contributed by atoms with Gasteiger partial charge in [0.2, 0.25) is 0 Å². The molecule has 1 aromatic rings. The zero-order valence-corrected chi connectivity index (χ0v) is 17.9. The lowest BCUT2D eigenvalue weighted by molar-refractivity contribution is -0.0151. The van der Waals surface area contributed by atoms with E-state index in [-0.39, 0.29) is 10.8 Å². The smallest absolute Gasteiger partial charge is 0.0889 e. The summed E-state index contributed by atoms with van der Waals surface area (Å²) in [5.74, 6) is 1.80. The summed E-state index contributed by atoms with van der Waals surface area (Å²) in [5, 5.41) is 26.6. The van der Waals surface area contributed by atoms with E-state index in [4.69, 9.17) is 0 Å². The summed E-state index contributed by atoms with van der Waals surface area (Å²) in [6.07, 6.45) is 15.4. The molecule has 5 nitrogen and oxygen atoms in total. The lowest BCUT2D eigenvalue weighted by atomic mass is 9.47. The maximum atomic E-state index is 10.00. The van der Waals surface area contributed by atoms with E-state index in [1.54, 1.807) is 0 Å². The largest absolute Gasteiger partial charge is 0.411 e. The van der Waals surface area contributed by atoms with Crippen molar-refractivity contribution in [2.75, 3.05) is 0 Å². The highest BCUT2D eigenvalue weighted by molar-refractivity contribution is 6.09. The highest BCUT2D eigenvalue weighted by atomic mass is 16.4. The van der Waals surface area contributed by atoms with Crippen molar-refractivity contribution in [1.82, 2.24) is 4.98 Å².